The molecule has 0 radical (unpaired) electrons. The summed E-state index contributed by atoms with van der Waals surface area (Å²) < 4.78 is 9.88. The number of fused-ring (bicyclic) bond motifs is 13. The van der Waals surface area contributed by atoms with Crippen molar-refractivity contribution in [2.75, 3.05) is 0 Å². The van der Waals surface area contributed by atoms with Gasteiger partial charge in [0.25, 0.3) is 0 Å². The second-order valence-electron chi connectivity index (χ2n) is 16.9. The summed E-state index contributed by atoms with van der Waals surface area (Å²) in [6.07, 6.45) is 0. The summed E-state index contributed by atoms with van der Waals surface area (Å²) in [7, 11) is 0. The Kier molecular flexibility index (Phi) is 7.36. The molecule has 0 bridgehead atoms. The molecule has 14 aromatic rings. The predicted octanol–water partition coefficient (Wildman–Crippen LogP) is 15.7. The van der Waals surface area contributed by atoms with Crippen LogP contribution in [0.2, 0.25) is 0 Å². The van der Waals surface area contributed by atoms with Crippen molar-refractivity contribution in [3.8, 4) is 33.9 Å². The first kappa shape index (κ1) is 35.0. The monoisotopic (exact) mass is 814 g/mol. The van der Waals surface area contributed by atoms with Crippen LogP contribution in [0, 0.1) is 0 Å². The Hall–Kier alpha value is -8.60. The zero-order chi connectivity index (χ0) is 41.9. The number of rotatable bonds is 5. The van der Waals surface area contributed by atoms with Crippen LogP contribution < -0.4 is 0 Å². The molecule has 10 aromatic carbocycles. The quantitative estimate of drug-likeness (QED) is 0.165. The second-order valence-corrected chi connectivity index (χ2v) is 16.9. The maximum Gasteiger partial charge on any atom is 0.0788 e. The molecule has 0 N–H and O–H groups in total. The SMILES string of the molecule is c1ccc(-n2c3ccccc3c3ccc4c5ccccc5n(-c5ccc6c(c5)c5ccccc5n6-c5ccccc5-c5ccccc5-n5c6ccccc6c6ccccc65)c4c32)cc1. The van der Waals surface area contributed by atoms with E-state index in [1.165, 1.54) is 92.8 Å². The smallest absolute Gasteiger partial charge is 0.0788 e. The Balaban J connectivity index is 1.04. The fourth-order valence-electron chi connectivity index (χ4n) is 10.9. The van der Waals surface area contributed by atoms with E-state index >= 15 is 0 Å². The van der Waals surface area contributed by atoms with Crippen LogP contribution in [0.1, 0.15) is 0 Å². The van der Waals surface area contributed by atoms with E-state index in [9.17, 15) is 0 Å². The van der Waals surface area contributed by atoms with Crippen LogP contribution in [0.15, 0.2) is 231 Å². The van der Waals surface area contributed by atoms with Crippen molar-refractivity contribution in [3.05, 3.63) is 231 Å². The summed E-state index contributed by atoms with van der Waals surface area (Å²) in [6, 6.07) is 84.4. The summed E-state index contributed by atoms with van der Waals surface area (Å²) in [6.45, 7) is 0. The van der Waals surface area contributed by atoms with Gasteiger partial charge in [-0.3, -0.25) is 0 Å². The van der Waals surface area contributed by atoms with E-state index in [4.69, 9.17) is 0 Å². The third-order valence-electron chi connectivity index (χ3n) is 13.6. The largest absolute Gasteiger partial charge is 0.309 e. The Morgan fingerprint density at radius 3 is 1.03 bits per heavy atom. The maximum atomic E-state index is 2.51. The lowest BCUT2D eigenvalue weighted by atomic mass is 10.0. The third-order valence-corrected chi connectivity index (χ3v) is 13.6. The maximum absolute atomic E-state index is 2.51. The Bertz CT molecular complexity index is 4140. The van der Waals surface area contributed by atoms with Gasteiger partial charge in [0.2, 0.25) is 0 Å². The first-order valence-corrected chi connectivity index (χ1v) is 22.0. The van der Waals surface area contributed by atoms with Gasteiger partial charge >= 0.3 is 0 Å². The molecule has 4 heterocycles. The third kappa shape index (κ3) is 4.82. The van der Waals surface area contributed by atoms with Crippen molar-refractivity contribution in [2.45, 2.75) is 0 Å². The number of hydrogen-bond donors (Lipinski definition) is 0. The molecule has 0 fully saturated rings. The highest BCUT2D eigenvalue weighted by atomic mass is 15.1. The zero-order valence-electron chi connectivity index (χ0n) is 34.7. The lowest BCUT2D eigenvalue weighted by Crippen LogP contribution is -2.01. The fourth-order valence-corrected chi connectivity index (χ4v) is 10.9. The molecule has 298 valence electrons. The van der Waals surface area contributed by atoms with Crippen LogP contribution in [0.3, 0.4) is 0 Å². The molecular weight excluding hydrogens is 777 g/mol. The number of benzene rings is 10. The van der Waals surface area contributed by atoms with Gasteiger partial charge in [-0.05, 0) is 72.8 Å². The molecule has 0 atom stereocenters. The molecule has 0 saturated heterocycles. The molecule has 14 rings (SSSR count). The molecule has 0 unspecified atom stereocenters. The van der Waals surface area contributed by atoms with E-state index in [2.05, 4.69) is 249 Å². The van der Waals surface area contributed by atoms with Gasteiger partial charge in [-0.15, -0.1) is 0 Å². The van der Waals surface area contributed by atoms with E-state index in [1.807, 2.05) is 0 Å². The highest BCUT2D eigenvalue weighted by Gasteiger charge is 2.23. The van der Waals surface area contributed by atoms with Crippen LogP contribution in [0.4, 0.5) is 0 Å². The summed E-state index contributed by atoms with van der Waals surface area (Å²) in [5, 5.41) is 9.90. The Morgan fingerprint density at radius 2 is 0.547 bits per heavy atom. The molecule has 0 aliphatic carbocycles. The summed E-state index contributed by atoms with van der Waals surface area (Å²) in [4.78, 5) is 0. The number of nitrogens with zero attached hydrogens (tertiary/aromatic N) is 4. The summed E-state index contributed by atoms with van der Waals surface area (Å²) in [5.74, 6) is 0. The second kappa shape index (κ2) is 13.4. The first-order chi connectivity index (χ1) is 31.8. The Labute approximate surface area is 368 Å². The van der Waals surface area contributed by atoms with Crippen molar-refractivity contribution in [2.24, 2.45) is 0 Å². The van der Waals surface area contributed by atoms with Crippen LogP contribution >= 0.6 is 0 Å². The van der Waals surface area contributed by atoms with Gasteiger partial charge in [0.15, 0.2) is 0 Å². The molecule has 0 aliphatic heterocycles. The van der Waals surface area contributed by atoms with Crippen molar-refractivity contribution in [1.82, 2.24) is 18.3 Å². The van der Waals surface area contributed by atoms with Crippen LogP contribution in [0.5, 0.6) is 0 Å². The van der Waals surface area contributed by atoms with Crippen molar-refractivity contribution in [1.29, 1.82) is 0 Å². The molecular formula is C60H38N4. The van der Waals surface area contributed by atoms with Crippen LogP contribution in [0.25, 0.3) is 121 Å². The lowest BCUT2D eigenvalue weighted by molar-refractivity contribution is 1.15. The minimum atomic E-state index is 1.13. The number of hydrogen-bond acceptors (Lipinski definition) is 0. The minimum Gasteiger partial charge on any atom is -0.309 e. The van der Waals surface area contributed by atoms with E-state index in [-0.39, 0.29) is 0 Å². The molecule has 4 aromatic heterocycles. The number of para-hydroxylation sites is 8. The standard InChI is InChI=1S/C60H38N4/c1-2-18-39(19-3-1)61-51-27-11-8-24-45(51)48-35-36-49-46-25-9-12-28-52(46)62(60(49)59(48)61)40-34-37-58-50(38-40)47-26-10-17-33-57(47)64(58)56-32-16-7-23-44(56)43-22-6-15-31-55(43)63-53-29-13-4-20-41(53)42-21-5-14-30-54(42)63/h1-38H. The van der Waals surface area contributed by atoms with E-state index in [1.54, 1.807) is 0 Å². The fraction of sp³-hybridized carbons (Fsp3) is 0. The molecule has 0 spiro atoms. The van der Waals surface area contributed by atoms with E-state index in [0.717, 1.165) is 28.3 Å². The summed E-state index contributed by atoms with van der Waals surface area (Å²) >= 11 is 0. The van der Waals surface area contributed by atoms with E-state index < -0.39 is 0 Å². The zero-order valence-corrected chi connectivity index (χ0v) is 34.7. The highest BCUT2D eigenvalue weighted by Crippen LogP contribution is 2.44. The van der Waals surface area contributed by atoms with Crippen molar-refractivity contribution in [3.63, 3.8) is 0 Å². The van der Waals surface area contributed by atoms with Crippen molar-refractivity contribution >= 4 is 87.2 Å². The predicted molar refractivity (Wildman–Crippen MR) is 269 cm³/mol. The number of aromatic nitrogens is 4. The van der Waals surface area contributed by atoms with Gasteiger partial charge in [-0.1, -0.05) is 158 Å². The first-order valence-electron chi connectivity index (χ1n) is 22.0. The molecule has 0 aliphatic rings. The molecule has 0 saturated carbocycles. The van der Waals surface area contributed by atoms with E-state index in [0.29, 0.717) is 0 Å². The van der Waals surface area contributed by atoms with Gasteiger partial charge in [0.1, 0.15) is 0 Å². The molecule has 64 heavy (non-hydrogen) atoms. The van der Waals surface area contributed by atoms with Crippen LogP contribution in [-0.2, 0) is 0 Å². The minimum absolute atomic E-state index is 1.13. The summed E-state index contributed by atoms with van der Waals surface area (Å²) in [5.41, 5.74) is 16.4. The van der Waals surface area contributed by atoms with Crippen LogP contribution in [-0.4, -0.2) is 18.3 Å². The average molecular weight is 815 g/mol. The van der Waals surface area contributed by atoms with Gasteiger partial charge < -0.3 is 18.3 Å². The van der Waals surface area contributed by atoms with Gasteiger partial charge in [-0.2, -0.15) is 0 Å². The highest BCUT2D eigenvalue weighted by molar-refractivity contribution is 6.24. The van der Waals surface area contributed by atoms with Gasteiger partial charge in [0.05, 0.1) is 55.5 Å². The van der Waals surface area contributed by atoms with Gasteiger partial charge in [-0.25, -0.2) is 0 Å². The Morgan fingerprint density at radius 1 is 0.203 bits per heavy atom. The lowest BCUT2D eigenvalue weighted by Gasteiger charge is -2.18. The normalized spacial score (nSPS) is 12.1. The molecule has 4 nitrogen and oxygen atoms in total. The van der Waals surface area contributed by atoms with Gasteiger partial charge in [0, 0.05) is 65.6 Å². The molecule has 0 amide bonds. The van der Waals surface area contributed by atoms with Crippen molar-refractivity contribution < 1.29 is 0 Å². The molecule has 4 heteroatoms. The average Bonchev–Trinajstić information content (AvgIpc) is 4.09. The topological polar surface area (TPSA) is 19.7 Å².